The Morgan fingerprint density at radius 1 is 1.15 bits per heavy atom. The molecule has 5 heteroatoms. The van der Waals surface area contributed by atoms with Crippen molar-refractivity contribution < 1.29 is 13.2 Å². The summed E-state index contributed by atoms with van der Waals surface area (Å²) in [6.45, 7) is 3.10. The van der Waals surface area contributed by atoms with Crippen LogP contribution in [-0.4, -0.2) is 23.9 Å². The van der Waals surface area contributed by atoms with Gasteiger partial charge in [-0.3, -0.25) is 8.77 Å². The maximum Gasteiger partial charge on any atom is 0.238 e. The molecule has 4 nitrogen and oxygen atoms in total. The minimum atomic E-state index is -3.34. The molecule has 0 aliphatic carbocycles. The number of carbonyl (C=O) groups excluding carboxylic acids is 1. The van der Waals surface area contributed by atoms with E-state index in [4.69, 9.17) is 0 Å². The van der Waals surface area contributed by atoms with E-state index in [1.165, 1.54) is 10.9 Å². The predicted octanol–water partition coefficient (Wildman–Crippen LogP) is 2.48. The summed E-state index contributed by atoms with van der Waals surface area (Å²) in [6, 6.07) is 9.48. The Hall–Kier alpha value is -1.88. The minimum Gasteiger partial charge on any atom is -0.300 e. The first-order valence-electron chi connectivity index (χ1n) is 6.43. The zero-order valence-corrected chi connectivity index (χ0v) is 12.4. The van der Waals surface area contributed by atoms with Gasteiger partial charge in [-0.15, -0.1) is 0 Å². The van der Waals surface area contributed by atoms with Gasteiger partial charge in [0.2, 0.25) is 10.0 Å². The molecule has 0 bridgehead atoms. The number of carbonyl (C=O) groups is 1. The first kappa shape index (κ1) is 14.5. The van der Waals surface area contributed by atoms with Crippen LogP contribution in [0, 0.1) is 0 Å². The molecule has 0 aliphatic heterocycles. The van der Waals surface area contributed by atoms with Crippen molar-refractivity contribution in [2.45, 2.75) is 20.3 Å². The Balaban J connectivity index is 2.57. The Kier molecular flexibility index (Phi) is 4.09. The van der Waals surface area contributed by atoms with Gasteiger partial charge < -0.3 is 0 Å². The monoisotopic (exact) mass is 291 g/mol. The molecule has 20 heavy (non-hydrogen) atoms. The van der Waals surface area contributed by atoms with Gasteiger partial charge in [-0.05, 0) is 25.0 Å². The highest BCUT2D eigenvalue weighted by molar-refractivity contribution is 7.89. The van der Waals surface area contributed by atoms with Crippen molar-refractivity contribution in [3.63, 3.8) is 0 Å². The number of benzene rings is 1. The van der Waals surface area contributed by atoms with Crippen molar-refractivity contribution in [2.75, 3.05) is 5.75 Å². The van der Waals surface area contributed by atoms with Crippen molar-refractivity contribution in [1.29, 1.82) is 0 Å². The standard InChI is InChI=1S/C15H17NO3S/c1-3-20(18,19)16-10-14(9-12(2)17)15(11-16)13-7-5-4-6-8-13/h4-8,10-11H,3,9H2,1-2H3. The zero-order valence-electron chi connectivity index (χ0n) is 11.5. The molecule has 0 amide bonds. The van der Waals surface area contributed by atoms with Gasteiger partial charge in [0.25, 0.3) is 0 Å². The maximum absolute atomic E-state index is 12.0. The van der Waals surface area contributed by atoms with Crippen LogP contribution in [0.5, 0.6) is 0 Å². The Morgan fingerprint density at radius 3 is 2.35 bits per heavy atom. The van der Waals surface area contributed by atoms with E-state index in [1.54, 1.807) is 19.3 Å². The van der Waals surface area contributed by atoms with Crippen LogP contribution < -0.4 is 0 Å². The van der Waals surface area contributed by atoms with E-state index >= 15 is 0 Å². The second-order valence-corrected chi connectivity index (χ2v) is 6.84. The number of hydrogen-bond donors (Lipinski definition) is 0. The van der Waals surface area contributed by atoms with Gasteiger partial charge in [0.1, 0.15) is 5.78 Å². The molecule has 0 spiro atoms. The molecule has 0 aliphatic rings. The van der Waals surface area contributed by atoms with Crippen molar-refractivity contribution >= 4 is 15.8 Å². The van der Waals surface area contributed by atoms with Gasteiger partial charge in [0.15, 0.2) is 0 Å². The SMILES string of the molecule is CCS(=O)(=O)n1cc(CC(C)=O)c(-c2ccccc2)c1. The number of aromatic nitrogens is 1. The summed E-state index contributed by atoms with van der Waals surface area (Å²) in [5, 5.41) is 0. The molecule has 2 rings (SSSR count). The summed E-state index contributed by atoms with van der Waals surface area (Å²) >= 11 is 0. The third-order valence-corrected chi connectivity index (χ3v) is 4.68. The van der Waals surface area contributed by atoms with Gasteiger partial charge in [-0.1, -0.05) is 30.3 Å². The highest BCUT2D eigenvalue weighted by atomic mass is 32.2. The summed E-state index contributed by atoms with van der Waals surface area (Å²) in [5.74, 6) is 0.0314. The lowest BCUT2D eigenvalue weighted by Crippen LogP contribution is -2.12. The summed E-state index contributed by atoms with van der Waals surface area (Å²) in [4.78, 5) is 11.4. The minimum absolute atomic E-state index is 0.00817. The van der Waals surface area contributed by atoms with Crippen molar-refractivity contribution in [1.82, 2.24) is 3.97 Å². The Morgan fingerprint density at radius 2 is 1.80 bits per heavy atom. The normalized spacial score (nSPS) is 11.5. The molecule has 0 unspecified atom stereocenters. The molecule has 1 heterocycles. The Bertz CT molecular complexity index is 715. The number of nitrogens with zero attached hydrogens (tertiary/aromatic N) is 1. The molecule has 1 aromatic carbocycles. The summed E-state index contributed by atoms with van der Waals surface area (Å²) in [7, 11) is -3.34. The molecule has 0 fully saturated rings. The first-order chi connectivity index (χ1) is 9.44. The van der Waals surface area contributed by atoms with Crippen LogP contribution in [0.25, 0.3) is 11.1 Å². The van der Waals surface area contributed by atoms with Gasteiger partial charge >= 0.3 is 0 Å². The lowest BCUT2D eigenvalue weighted by molar-refractivity contribution is -0.116. The van der Waals surface area contributed by atoms with E-state index in [0.717, 1.165) is 16.7 Å². The fourth-order valence-corrected chi connectivity index (χ4v) is 2.92. The quantitative estimate of drug-likeness (QED) is 0.850. The van der Waals surface area contributed by atoms with Crippen molar-refractivity contribution in [2.24, 2.45) is 0 Å². The number of ketones is 1. The number of rotatable bonds is 5. The third kappa shape index (κ3) is 2.99. The van der Waals surface area contributed by atoms with Gasteiger partial charge in [0.05, 0.1) is 5.75 Å². The van der Waals surface area contributed by atoms with Gasteiger partial charge in [-0.25, -0.2) is 8.42 Å². The average molecular weight is 291 g/mol. The first-order valence-corrected chi connectivity index (χ1v) is 8.04. The smallest absolute Gasteiger partial charge is 0.238 e. The highest BCUT2D eigenvalue weighted by Gasteiger charge is 2.16. The zero-order chi connectivity index (χ0) is 14.8. The molecule has 0 saturated heterocycles. The lowest BCUT2D eigenvalue weighted by Gasteiger charge is -2.01. The van der Waals surface area contributed by atoms with Crippen LogP contribution >= 0.6 is 0 Å². The summed E-state index contributed by atoms with van der Waals surface area (Å²) in [6.07, 6.45) is 3.37. The van der Waals surface area contributed by atoms with Crippen molar-refractivity contribution in [3.05, 3.63) is 48.3 Å². The van der Waals surface area contributed by atoms with Crippen LogP contribution in [0.4, 0.5) is 0 Å². The van der Waals surface area contributed by atoms with E-state index in [2.05, 4.69) is 0 Å². The van der Waals surface area contributed by atoms with Crippen molar-refractivity contribution in [3.8, 4) is 11.1 Å². The van der Waals surface area contributed by atoms with Crippen LogP contribution in [0.2, 0.25) is 0 Å². The van der Waals surface area contributed by atoms with E-state index in [9.17, 15) is 13.2 Å². The Labute approximate surface area is 119 Å². The molecular formula is C15H17NO3S. The van der Waals surface area contributed by atoms with Gasteiger partial charge in [-0.2, -0.15) is 0 Å². The maximum atomic E-state index is 12.0. The second-order valence-electron chi connectivity index (χ2n) is 4.67. The van der Waals surface area contributed by atoms with Crippen LogP contribution in [0.3, 0.4) is 0 Å². The summed E-state index contributed by atoms with van der Waals surface area (Å²) < 4.78 is 25.1. The predicted molar refractivity (Wildman–Crippen MR) is 79.1 cm³/mol. The number of Topliss-reactive ketones (excluding diaryl/α,β-unsaturated/α-hetero) is 1. The van der Waals surface area contributed by atoms with Crippen LogP contribution in [-0.2, 0) is 21.2 Å². The van der Waals surface area contributed by atoms with E-state index in [1.807, 2.05) is 30.3 Å². The second kappa shape index (κ2) is 5.63. The molecule has 0 atom stereocenters. The van der Waals surface area contributed by atoms with Crippen LogP contribution in [0.15, 0.2) is 42.7 Å². The van der Waals surface area contributed by atoms with Crippen LogP contribution in [0.1, 0.15) is 19.4 Å². The fraction of sp³-hybridized carbons (Fsp3) is 0.267. The van der Waals surface area contributed by atoms with E-state index < -0.39 is 10.0 Å². The fourth-order valence-electron chi connectivity index (χ4n) is 2.07. The average Bonchev–Trinajstić information content (AvgIpc) is 2.83. The number of hydrogen-bond acceptors (Lipinski definition) is 3. The molecule has 1 aromatic heterocycles. The molecule has 106 valence electrons. The molecule has 0 N–H and O–H groups in total. The lowest BCUT2D eigenvalue weighted by atomic mass is 10.0. The molecule has 0 radical (unpaired) electrons. The van der Waals surface area contributed by atoms with E-state index in [0.29, 0.717) is 0 Å². The topological polar surface area (TPSA) is 56.1 Å². The molecule has 2 aromatic rings. The van der Waals surface area contributed by atoms with E-state index in [-0.39, 0.29) is 18.0 Å². The summed E-state index contributed by atoms with van der Waals surface area (Å²) in [5.41, 5.74) is 2.44. The third-order valence-electron chi connectivity index (χ3n) is 3.10. The highest BCUT2D eigenvalue weighted by Crippen LogP contribution is 2.26. The molecular weight excluding hydrogens is 274 g/mol. The largest absolute Gasteiger partial charge is 0.300 e. The molecule has 0 saturated carbocycles. The van der Waals surface area contributed by atoms with Gasteiger partial charge in [0, 0.05) is 24.4 Å².